The highest BCUT2D eigenvalue weighted by molar-refractivity contribution is 5.66. The van der Waals surface area contributed by atoms with Gasteiger partial charge in [0.05, 0.1) is 18.5 Å². The van der Waals surface area contributed by atoms with Crippen LogP contribution in [-0.2, 0) is 0 Å². The van der Waals surface area contributed by atoms with Gasteiger partial charge in [0, 0.05) is 31.2 Å². The third-order valence-electron chi connectivity index (χ3n) is 3.20. The summed E-state index contributed by atoms with van der Waals surface area (Å²) in [7, 11) is 1.55. The first-order valence-corrected chi connectivity index (χ1v) is 6.15. The van der Waals surface area contributed by atoms with Crippen molar-refractivity contribution in [1.29, 1.82) is 0 Å². The van der Waals surface area contributed by atoms with Gasteiger partial charge < -0.3 is 20.7 Å². The van der Waals surface area contributed by atoms with E-state index >= 15 is 0 Å². The fourth-order valence-corrected chi connectivity index (χ4v) is 2.49. The van der Waals surface area contributed by atoms with E-state index < -0.39 is 5.82 Å². The van der Waals surface area contributed by atoms with Crippen molar-refractivity contribution in [2.24, 2.45) is 0 Å². The average molecular weight is 253 g/mol. The van der Waals surface area contributed by atoms with Gasteiger partial charge in [-0.3, -0.25) is 0 Å². The minimum absolute atomic E-state index is 0.157. The minimum Gasteiger partial charge on any atom is -0.494 e. The van der Waals surface area contributed by atoms with Crippen LogP contribution >= 0.6 is 0 Å². The number of nitrogens with zero attached hydrogens (tertiary/aromatic N) is 1. The van der Waals surface area contributed by atoms with Crippen molar-refractivity contribution in [3.63, 3.8) is 0 Å². The van der Waals surface area contributed by atoms with Gasteiger partial charge in [-0.2, -0.15) is 0 Å². The molecular formula is C13H20FN3O. The number of benzene rings is 1. The number of rotatable bonds is 2. The van der Waals surface area contributed by atoms with Crippen LogP contribution in [0.4, 0.5) is 15.8 Å². The van der Waals surface area contributed by atoms with E-state index in [9.17, 15) is 4.39 Å². The van der Waals surface area contributed by atoms with Crippen molar-refractivity contribution in [2.75, 3.05) is 30.8 Å². The summed E-state index contributed by atoms with van der Waals surface area (Å²) in [6, 6.07) is 3.76. The van der Waals surface area contributed by atoms with Crippen LogP contribution in [0, 0.1) is 5.82 Å². The third-order valence-corrected chi connectivity index (χ3v) is 3.20. The summed E-state index contributed by atoms with van der Waals surface area (Å²) >= 11 is 0. The quantitative estimate of drug-likeness (QED) is 0.786. The fourth-order valence-electron chi connectivity index (χ4n) is 2.49. The lowest BCUT2D eigenvalue weighted by molar-refractivity contribution is 0.389. The van der Waals surface area contributed by atoms with Crippen LogP contribution in [0.3, 0.4) is 0 Å². The van der Waals surface area contributed by atoms with Crippen LogP contribution in [0.1, 0.15) is 13.8 Å². The maximum atomic E-state index is 13.4. The lowest BCUT2D eigenvalue weighted by Crippen LogP contribution is -2.54. The SMILES string of the molecule is COc1cc(F)c(N)cc1N1CC(C)NC(C)C1. The van der Waals surface area contributed by atoms with Crippen LogP contribution in [0.15, 0.2) is 12.1 Å². The summed E-state index contributed by atoms with van der Waals surface area (Å²) in [5, 5.41) is 3.45. The van der Waals surface area contributed by atoms with Gasteiger partial charge in [0.25, 0.3) is 0 Å². The van der Waals surface area contributed by atoms with E-state index in [4.69, 9.17) is 10.5 Å². The standard InChI is InChI=1S/C13H20FN3O/c1-8-6-17(7-9(2)16-8)12-5-11(15)10(14)4-13(12)18-3/h4-5,8-9,16H,6-7,15H2,1-3H3. The zero-order valence-corrected chi connectivity index (χ0v) is 11.0. The second-order valence-electron chi connectivity index (χ2n) is 4.92. The maximum Gasteiger partial charge on any atom is 0.149 e. The molecule has 100 valence electrons. The minimum atomic E-state index is -0.438. The first-order valence-electron chi connectivity index (χ1n) is 6.15. The molecule has 1 heterocycles. The number of hydrogen-bond acceptors (Lipinski definition) is 4. The van der Waals surface area contributed by atoms with E-state index in [1.807, 2.05) is 0 Å². The number of methoxy groups -OCH3 is 1. The Morgan fingerprint density at radius 1 is 1.33 bits per heavy atom. The van der Waals surface area contributed by atoms with Gasteiger partial charge in [0.15, 0.2) is 0 Å². The molecule has 0 saturated carbocycles. The summed E-state index contributed by atoms with van der Waals surface area (Å²) < 4.78 is 18.7. The van der Waals surface area contributed by atoms with Crippen molar-refractivity contribution < 1.29 is 9.13 Å². The Bertz CT molecular complexity index is 428. The normalized spacial score (nSPS) is 24.1. The Morgan fingerprint density at radius 3 is 2.50 bits per heavy atom. The van der Waals surface area contributed by atoms with Crippen LogP contribution in [0.25, 0.3) is 0 Å². The molecule has 0 radical (unpaired) electrons. The Morgan fingerprint density at radius 2 is 1.94 bits per heavy atom. The molecule has 0 aromatic heterocycles. The Labute approximate surface area is 107 Å². The van der Waals surface area contributed by atoms with Gasteiger partial charge in [-0.15, -0.1) is 0 Å². The van der Waals surface area contributed by atoms with Crippen LogP contribution in [0.2, 0.25) is 0 Å². The molecule has 0 spiro atoms. The molecule has 1 fully saturated rings. The zero-order chi connectivity index (χ0) is 13.3. The van der Waals surface area contributed by atoms with Crippen molar-refractivity contribution in [3.05, 3.63) is 17.9 Å². The molecule has 0 amide bonds. The molecule has 3 N–H and O–H groups in total. The summed E-state index contributed by atoms with van der Waals surface area (Å²) in [6.07, 6.45) is 0. The molecule has 4 nitrogen and oxygen atoms in total. The molecular weight excluding hydrogens is 233 g/mol. The monoisotopic (exact) mass is 253 g/mol. The maximum absolute atomic E-state index is 13.4. The fraction of sp³-hybridized carbons (Fsp3) is 0.538. The van der Waals surface area contributed by atoms with E-state index in [-0.39, 0.29) is 5.69 Å². The van der Waals surface area contributed by atoms with Gasteiger partial charge in [0.1, 0.15) is 11.6 Å². The molecule has 0 bridgehead atoms. The van der Waals surface area contributed by atoms with Gasteiger partial charge in [0.2, 0.25) is 0 Å². The number of nitrogens with one attached hydrogen (secondary N) is 1. The molecule has 5 heteroatoms. The summed E-state index contributed by atoms with van der Waals surface area (Å²) in [5.74, 6) is 0.0924. The average Bonchev–Trinajstić information content (AvgIpc) is 2.30. The molecule has 18 heavy (non-hydrogen) atoms. The van der Waals surface area contributed by atoms with Gasteiger partial charge >= 0.3 is 0 Å². The van der Waals surface area contributed by atoms with Crippen LogP contribution in [0.5, 0.6) is 5.75 Å². The molecule has 1 saturated heterocycles. The molecule has 1 aromatic rings. The smallest absolute Gasteiger partial charge is 0.149 e. The third kappa shape index (κ3) is 2.51. The van der Waals surface area contributed by atoms with Gasteiger partial charge in [-0.05, 0) is 19.9 Å². The molecule has 1 aliphatic heterocycles. The summed E-state index contributed by atoms with van der Waals surface area (Å²) in [4.78, 5) is 2.18. The number of ether oxygens (including phenoxy) is 1. The van der Waals surface area contributed by atoms with E-state index in [0.29, 0.717) is 17.8 Å². The van der Waals surface area contributed by atoms with E-state index in [1.165, 1.54) is 6.07 Å². The van der Waals surface area contributed by atoms with Crippen molar-refractivity contribution in [1.82, 2.24) is 5.32 Å². The second kappa shape index (κ2) is 5.02. The molecule has 2 unspecified atom stereocenters. The Hall–Kier alpha value is -1.49. The molecule has 2 atom stereocenters. The van der Waals surface area contributed by atoms with E-state index in [2.05, 4.69) is 24.1 Å². The number of anilines is 2. The highest BCUT2D eigenvalue weighted by Crippen LogP contribution is 2.33. The Balaban J connectivity index is 2.34. The van der Waals surface area contributed by atoms with Gasteiger partial charge in [-0.25, -0.2) is 4.39 Å². The second-order valence-corrected chi connectivity index (χ2v) is 4.92. The van der Waals surface area contributed by atoms with Crippen LogP contribution < -0.4 is 20.7 Å². The highest BCUT2D eigenvalue weighted by atomic mass is 19.1. The molecule has 1 aromatic carbocycles. The van der Waals surface area contributed by atoms with Crippen LogP contribution in [-0.4, -0.2) is 32.3 Å². The number of hydrogen-bond donors (Lipinski definition) is 2. The van der Waals surface area contributed by atoms with E-state index in [1.54, 1.807) is 13.2 Å². The topological polar surface area (TPSA) is 50.5 Å². The molecule has 1 aliphatic rings. The predicted octanol–water partition coefficient (Wildman–Crippen LogP) is 1.60. The first kappa shape index (κ1) is 13.0. The lowest BCUT2D eigenvalue weighted by Gasteiger charge is -2.38. The number of halogens is 1. The number of nitrogens with two attached hydrogens (primary N) is 1. The summed E-state index contributed by atoms with van der Waals surface area (Å²) in [6.45, 7) is 5.96. The summed E-state index contributed by atoms with van der Waals surface area (Å²) in [5.41, 5.74) is 6.66. The van der Waals surface area contributed by atoms with Crippen molar-refractivity contribution in [2.45, 2.75) is 25.9 Å². The van der Waals surface area contributed by atoms with Crippen molar-refractivity contribution in [3.8, 4) is 5.75 Å². The number of piperazine rings is 1. The largest absolute Gasteiger partial charge is 0.494 e. The van der Waals surface area contributed by atoms with Gasteiger partial charge in [-0.1, -0.05) is 0 Å². The molecule has 0 aliphatic carbocycles. The molecule has 2 rings (SSSR count). The Kier molecular flexibility index (Phi) is 3.61. The predicted molar refractivity (Wildman–Crippen MR) is 71.6 cm³/mol. The zero-order valence-electron chi connectivity index (χ0n) is 11.0. The number of nitrogen functional groups attached to an aromatic ring is 1. The lowest BCUT2D eigenvalue weighted by atomic mass is 10.1. The first-order chi connectivity index (χ1) is 8.51. The van der Waals surface area contributed by atoms with E-state index in [0.717, 1.165) is 18.8 Å². The van der Waals surface area contributed by atoms with Crippen molar-refractivity contribution >= 4 is 11.4 Å². The highest BCUT2D eigenvalue weighted by Gasteiger charge is 2.24.